The van der Waals surface area contributed by atoms with Crippen molar-refractivity contribution in [1.82, 2.24) is 4.90 Å². The lowest BCUT2D eigenvalue weighted by Crippen LogP contribution is -2.53. The summed E-state index contributed by atoms with van der Waals surface area (Å²) < 4.78 is 26.8. The molecule has 17 heavy (non-hydrogen) atoms. The molecule has 0 bridgehead atoms. The zero-order valence-corrected chi connectivity index (χ0v) is 11.5. The van der Waals surface area contributed by atoms with E-state index < -0.39 is 35.2 Å². The number of hydrogen-bond donors (Lipinski definition) is 0. The molecule has 0 N–H and O–H groups in total. The van der Waals surface area contributed by atoms with Gasteiger partial charge < -0.3 is 9.47 Å². The third kappa shape index (κ3) is 2.15. The van der Waals surface area contributed by atoms with Gasteiger partial charge in [0.2, 0.25) is 0 Å². The van der Waals surface area contributed by atoms with E-state index in [0.29, 0.717) is 6.61 Å². The molecule has 1 aliphatic carbocycles. The first-order valence-electron chi connectivity index (χ1n) is 7.03. The van der Waals surface area contributed by atoms with Gasteiger partial charge in [0.15, 0.2) is 0 Å². The van der Waals surface area contributed by atoms with Gasteiger partial charge in [0, 0.05) is 6.79 Å². The van der Waals surface area contributed by atoms with E-state index in [-0.39, 0.29) is 0 Å². The molecule has 2 aliphatic rings. The van der Waals surface area contributed by atoms with Gasteiger partial charge in [0.25, 0.3) is 0 Å². The number of amides is 1. The largest absolute Gasteiger partial charge is 0.445 e. The van der Waals surface area contributed by atoms with Gasteiger partial charge in [-0.3, -0.25) is 4.90 Å². The number of ether oxygens (including phenoxy) is 2. The first-order valence-corrected chi connectivity index (χ1v) is 5.96. The van der Waals surface area contributed by atoms with Crippen LogP contribution in [0, 0.1) is 5.41 Å². The summed E-state index contributed by atoms with van der Waals surface area (Å²) in [7, 11) is 0. The van der Waals surface area contributed by atoms with Crippen LogP contribution in [0.25, 0.3) is 0 Å². The Balaban J connectivity index is 2.17. The van der Waals surface area contributed by atoms with Crippen LogP contribution >= 0.6 is 0 Å². The number of carbonyl (C=O) groups is 1. The average Bonchev–Trinajstić information content (AvgIpc) is 2.50. The van der Waals surface area contributed by atoms with Crippen LogP contribution in [0.5, 0.6) is 0 Å². The van der Waals surface area contributed by atoms with E-state index in [0.717, 1.165) is 0 Å². The van der Waals surface area contributed by atoms with Gasteiger partial charge in [-0.2, -0.15) is 0 Å². The molecule has 0 aromatic carbocycles. The Bertz CT molecular complexity index is 406. The zero-order chi connectivity index (χ0) is 14.9. The molecule has 1 saturated heterocycles. The number of nitrogens with zero attached hydrogens (tertiary/aromatic N) is 1. The number of carbonyl (C=O) groups excluding carboxylic acids is 1. The molecule has 0 unspecified atom stereocenters. The van der Waals surface area contributed by atoms with E-state index in [1.54, 1.807) is 27.7 Å². The molecule has 2 fully saturated rings. The van der Waals surface area contributed by atoms with Gasteiger partial charge in [0.05, 0.1) is 13.5 Å². The van der Waals surface area contributed by atoms with Gasteiger partial charge in [-0.05, 0) is 34.1 Å². The van der Waals surface area contributed by atoms with Crippen molar-refractivity contribution in [3.63, 3.8) is 0 Å². The summed E-state index contributed by atoms with van der Waals surface area (Å²) >= 11 is 0. The quantitative estimate of drug-likeness (QED) is 0.711. The smallest absolute Gasteiger partial charge is 0.412 e. The first-order chi connectivity index (χ1) is 8.36. The molecule has 2 atom stereocenters. The van der Waals surface area contributed by atoms with Crippen molar-refractivity contribution in [2.75, 3.05) is 6.61 Å². The summed E-state index contributed by atoms with van der Waals surface area (Å²) in [5, 5.41) is 0. The number of hydrogen-bond acceptors (Lipinski definition) is 3. The van der Waals surface area contributed by atoms with Crippen molar-refractivity contribution in [2.24, 2.45) is 5.41 Å². The zero-order valence-electron chi connectivity index (χ0n) is 13.5. The molecule has 0 aromatic rings. The van der Waals surface area contributed by atoms with Crippen LogP contribution in [-0.4, -0.2) is 34.9 Å². The van der Waals surface area contributed by atoms with E-state index in [9.17, 15) is 4.79 Å². The predicted octanol–water partition coefficient (Wildman–Crippen LogP) is 2.77. The summed E-state index contributed by atoms with van der Waals surface area (Å²) in [6.45, 7) is 11.4. The maximum Gasteiger partial charge on any atom is 0.412 e. The lowest BCUT2D eigenvalue weighted by atomic mass is 10.0. The van der Waals surface area contributed by atoms with E-state index >= 15 is 0 Å². The Kier molecular flexibility index (Phi) is 2.02. The van der Waals surface area contributed by atoms with E-state index in [1.807, 2.05) is 13.8 Å². The maximum atomic E-state index is 12.4. The van der Waals surface area contributed by atoms with Gasteiger partial charge in [-0.1, -0.05) is 13.8 Å². The second kappa shape index (κ2) is 3.37. The van der Waals surface area contributed by atoms with Crippen LogP contribution in [0.15, 0.2) is 0 Å². The number of rotatable bonds is 1. The Morgan fingerprint density at radius 3 is 2.29 bits per heavy atom. The molecular weight excluding hydrogens is 218 g/mol. The molecule has 0 spiro atoms. The molecule has 1 heterocycles. The normalized spacial score (nSPS) is 42.7. The molecule has 0 aromatic heterocycles. The molecule has 0 radical (unpaired) electrons. The summed E-state index contributed by atoms with van der Waals surface area (Å²) in [6.07, 6.45) is -2.75. The molecule has 98 valence electrons. The van der Waals surface area contributed by atoms with Crippen molar-refractivity contribution in [3.05, 3.63) is 0 Å². The second-order valence-corrected chi connectivity index (χ2v) is 6.48. The van der Waals surface area contributed by atoms with Crippen molar-refractivity contribution in [3.8, 4) is 0 Å². The molecular formula is C13H23NO3. The SMILES string of the molecule is [2H][C@@H]1C(C)(C)[C@@]1([2H])OC(=O)N1C(C)(C)COC1(C)C. The molecule has 1 amide bonds. The Hall–Kier alpha value is -0.770. The van der Waals surface area contributed by atoms with E-state index in [1.165, 1.54) is 4.90 Å². The lowest BCUT2D eigenvalue weighted by Gasteiger charge is -2.36. The van der Waals surface area contributed by atoms with Crippen molar-refractivity contribution in [2.45, 2.75) is 65.3 Å². The van der Waals surface area contributed by atoms with Crippen LogP contribution in [0.2, 0.25) is 0 Å². The van der Waals surface area contributed by atoms with Gasteiger partial charge in [-0.15, -0.1) is 0 Å². The van der Waals surface area contributed by atoms with Crippen LogP contribution in [0.1, 0.15) is 50.7 Å². The van der Waals surface area contributed by atoms with Gasteiger partial charge in [-0.25, -0.2) is 4.79 Å². The standard InChI is InChI=1S/C13H23NO3/c1-11(2)7-9(11)17-10(15)14-12(3,4)8-16-13(14,5)6/h9H,7-8H2,1-6H3/t9-/m0/s1/i7D,9D/t7-,9-. The minimum atomic E-state index is -1.46. The van der Waals surface area contributed by atoms with Crippen molar-refractivity contribution >= 4 is 6.09 Å². The van der Waals surface area contributed by atoms with Crippen molar-refractivity contribution in [1.29, 1.82) is 0 Å². The second-order valence-electron chi connectivity index (χ2n) is 6.48. The third-order valence-electron chi connectivity index (χ3n) is 3.35. The highest BCUT2D eigenvalue weighted by Crippen LogP contribution is 2.48. The minimum Gasteiger partial charge on any atom is -0.445 e. The average molecular weight is 243 g/mol. The van der Waals surface area contributed by atoms with Crippen LogP contribution < -0.4 is 0 Å². The van der Waals surface area contributed by atoms with E-state index in [2.05, 4.69) is 0 Å². The van der Waals surface area contributed by atoms with Crippen LogP contribution in [0.4, 0.5) is 4.79 Å². The first kappa shape index (κ1) is 10.2. The summed E-state index contributed by atoms with van der Waals surface area (Å²) in [4.78, 5) is 13.9. The summed E-state index contributed by atoms with van der Waals surface area (Å²) in [5.41, 5.74) is -1.86. The fraction of sp³-hybridized carbons (Fsp3) is 0.923. The minimum absolute atomic E-state index is 0.424. The predicted molar refractivity (Wildman–Crippen MR) is 64.6 cm³/mol. The van der Waals surface area contributed by atoms with Crippen LogP contribution in [-0.2, 0) is 9.47 Å². The van der Waals surface area contributed by atoms with Crippen LogP contribution in [0.3, 0.4) is 0 Å². The maximum absolute atomic E-state index is 12.4. The topological polar surface area (TPSA) is 38.8 Å². The Morgan fingerprint density at radius 2 is 1.94 bits per heavy atom. The highest BCUT2D eigenvalue weighted by atomic mass is 16.6. The Labute approximate surface area is 106 Å². The highest BCUT2D eigenvalue weighted by Gasteiger charge is 2.54. The summed E-state index contributed by atoms with van der Waals surface area (Å²) in [6, 6.07) is 0. The summed E-state index contributed by atoms with van der Waals surface area (Å²) in [5.74, 6) is 0. The fourth-order valence-corrected chi connectivity index (χ4v) is 2.27. The van der Waals surface area contributed by atoms with Crippen molar-refractivity contribution < 1.29 is 17.0 Å². The monoisotopic (exact) mass is 243 g/mol. The highest BCUT2D eigenvalue weighted by molar-refractivity contribution is 5.70. The molecule has 1 saturated carbocycles. The van der Waals surface area contributed by atoms with Gasteiger partial charge in [0.1, 0.15) is 11.8 Å². The molecule has 1 aliphatic heterocycles. The van der Waals surface area contributed by atoms with Gasteiger partial charge >= 0.3 is 6.09 Å². The molecule has 2 rings (SSSR count). The lowest BCUT2D eigenvalue weighted by molar-refractivity contribution is -0.0544. The molecule has 4 heteroatoms. The van der Waals surface area contributed by atoms with E-state index in [4.69, 9.17) is 12.2 Å². The fourth-order valence-electron chi connectivity index (χ4n) is 2.27. The Morgan fingerprint density at radius 1 is 1.41 bits per heavy atom. The molecule has 4 nitrogen and oxygen atoms in total. The third-order valence-corrected chi connectivity index (χ3v) is 3.35.